The second-order valence-electron chi connectivity index (χ2n) is 6.79. The van der Waals surface area contributed by atoms with Gasteiger partial charge in [-0.3, -0.25) is 14.5 Å². The molecule has 0 saturated heterocycles. The quantitative estimate of drug-likeness (QED) is 0.556. The molecule has 29 heavy (non-hydrogen) atoms. The van der Waals surface area contributed by atoms with Gasteiger partial charge in [0.1, 0.15) is 11.5 Å². The third-order valence-electron chi connectivity index (χ3n) is 4.67. The number of hydrogen-bond acceptors (Lipinski definition) is 4. The Labute approximate surface area is 177 Å². The minimum Gasteiger partial charge on any atom is -0.460 e. The number of furan rings is 1. The summed E-state index contributed by atoms with van der Waals surface area (Å²) < 4.78 is 6.94. The highest BCUT2D eigenvalue weighted by Crippen LogP contribution is 2.24. The zero-order valence-corrected chi connectivity index (χ0v) is 17.8. The SMILES string of the molecule is C[C@H](C(=O)Nc1ccc(C(N)=O)cc1)N(C)Cc1ccc(-c2ccc(Br)cc2)o1. The highest BCUT2D eigenvalue weighted by Gasteiger charge is 2.19. The second-order valence-corrected chi connectivity index (χ2v) is 7.71. The smallest absolute Gasteiger partial charge is 0.248 e. The molecule has 2 amide bonds. The lowest BCUT2D eigenvalue weighted by molar-refractivity contribution is -0.120. The Morgan fingerprint density at radius 3 is 2.34 bits per heavy atom. The normalized spacial score (nSPS) is 12.0. The van der Waals surface area contributed by atoms with E-state index in [1.54, 1.807) is 24.3 Å². The lowest BCUT2D eigenvalue weighted by Gasteiger charge is -2.23. The van der Waals surface area contributed by atoms with Gasteiger partial charge in [0, 0.05) is 21.3 Å². The number of nitrogens with two attached hydrogens (primary N) is 1. The molecule has 0 saturated carbocycles. The maximum absolute atomic E-state index is 12.5. The number of benzene rings is 2. The Morgan fingerprint density at radius 1 is 1.07 bits per heavy atom. The minimum atomic E-state index is -0.503. The van der Waals surface area contributed by atoms with Crippen molar-refractivity contribution in [3.63, 3.8) is 0 Å². The number of likely N-dealkylation sites (N-methyl/N-ethyl adjacent to an activating group) is 1. The summed E-state index contributed by atoms with van der Waals surface area (Å²) in [5, 5.41) is 2.84. The molecule has 3 rings (SSSR count). The Hall–Kier alpha value is -2.90. The third kappa shape index (κ3) is 5.34. The van der Waals surface area contributed by atoms with Crippen LogP contribution in [0.4, 0.5) is 5.69 Å². The van der Waals surface area contributed by atoms with Crippen molar-refractivity contribution in [2.45, 2.75) is 19.5 Å². The first kappa shape index (κ1) is 20.8. The molecule has 0 fully saturated rings. The van der Waals surface area contributed by atoms with Crippen LogP contribution < -0.4 is 11.1 Å². The second kappa shape index (κ2) is 9.07. The summed E-state index contributed by atoms with van der Waals surface area (Å²) in [6.45, 7) is 2.32. The van der Waals surface area contributed by atoms with Gasteiger partial charge in [-0.25, -0.2) is 0 Å². The first-order chi connectivity index (χ1) is 13.8. The summed E-state index contributed by atoms with van der Waals surface area (Å²) in [6.07, 6.45) is 0. The number of amides is 2. The summed E-state index contributed by atoms with van der Waals surface area (Å²) in [5.74, 6) is 0.902. The highest BCUT2D eigenvalue weighted by atomic mass is 79.9. The van der Waals surface area contributed by atoms with E-state index in [9.17, 15) is 9.59 Å². The van der Waals surface area contributed by atoms with Crippen LogP contribution in [0.3, 0.4) is 0 Å². The lowest BCUT2D eigenvalue weighted by atomic mass is 10.2. The number of nitrogens with zero attached hydrogens (tertiary/aromatic N) is 1. The van der Waals surface area contributed by atoms with Crippen LogP contribution in [-0.4, -0.2) is 29.8 Å². The number of halogens is 1. The molecule has 0 spiro atoms. The Bertz CT molecular complexity index is 997. The topological polar surface area (TPSA) is 88.6 Å². The number of anilines is 1. The zero-order valence-electron chi connectivity index (χ0n) is 16.2. The number of rotatable bonds is 7. The van der Waals surface area contributed by atoms with Crippen LogP contribution in [0.15, 0.2) is 69.6 Å². The molecule has 3 N–H and O–H groups in total. The first-order valence-electron chi connectivity index (χ1n) is 9.09. The van der Waals surface area contributed by atoms with Gasteiger partial charge in [-0.2, -0.15) is 0 Å². The van der Waals surface area contributed by atoms with Crippen LogP contribution in [-0.2, 0) is 11.3 Å². The molecular formula is C22H22BrN3O3. The molecule has 0 radical (unpaired) electrons. The molecule has 2 aromatic carbocycles. The number of nitrogens with one attached hydrogen (secondary N) is 1. The molecule has 3 aromatic rings. The molecule has 0 aliphatic heterocycles. The molecule has 0 bridgehead atoms. The van der Waals surface area contributed by atoms with Crippen LogP contribution in [0.1, 0.15) is 23.0 Å². The van der Waals surface area contributed by atoms with E-state index in [1.165, 1.54) is 0 Å². The minimum absolute atomic E-state index is 0.154. The monoisotopic (exact) mass is 455 g/mol. The number of hydrogen-bond donors (Lipinski definition) is 2. The highest BCUT2D eigenvalue weighted by molar-refractivity contribution is 9.10. The van der Waals surface area contributed by atoms with Crippen LogP contribution in [0, 0.1) is 0 Å². The van der Waals surface area contributed by atoms with Crippen molar-refractivity contribution in [2.24, 2.45) is 5.73 Å². The van der Waals surface area contributed by atoms with Crippen molar-refractivity contribution in [3.8, 4) is 11.3 Å². The van der Waals surface area contributed by atoms with Gasteiger partial charge in [-0.15, -0.1) is 0 Å². The van der Waals surface area contributed by atoms with Crippen molar-refractivity contribution in [2.75, 3.05) is 12.4 Å². The molecular weight excluding hydrogens is 434 g/mol. The maximum Gasteiger partial charge on any atom is 0.248 e. The number of primary amides is 1. The molecule has 0 aliphatic carbocycles. The van der Waals surface area contributed by atoms with E-state index in [2.05, 4.69) is 21.2 Å². The summed E-state index contributed by atoms with van der Waals surface area (Å²) >= 11 is 3.42. The van der Waals surface area contributed by atoms with E-state index < -0.39 is 5.91 Å². The summed E-state index contributed by atoms with van der Waals surface area (Å²) in [6, 6.07) is 17.8. The van der Waals surface area contributed by atoms with Gasteiger partial charge in [0.15, 0.2) is 0 Å². The summed E-state index contributed by atoms with van der Waals surface area (Å²) in [4.78, 5) is 25.6. The summed E-state index contributed by atoms with van der Waals surface area (Å²) in [7, 11) is 1.86. The largest absolute Gasteiger partial charge is 0.460 e. The molecule has 1 heterocycles. The van der Waals surface area contributed by atoms with Crippen LogP contribution in [0.5, 0.6) is 0 Å². The predicted molar refractivity (Wildman–Crippen MR) is 116 cm³/mol. The van der Waals surface area contributed by atoms with Crippen molar-refractivity contribution in [1.82, 2.24) is 4.90 Å². The fraction of sp³-hybridized carbons (Fsp3) is 0.182. The van der Waals surface area contributed by atoms with Crippen LogP contribution in [0.2, 0.25) is 0 Å². The average molecular weight is 456 g/mol. The van der Waals surface area contributed by atoms with Gasteiger partial charge in [0.25, 0.3) is 0 Å². The summed E-state index contributed by atoms with van der Waals surface area (Å²) in [5.41, 5.74) is 7.22. The number of carbonyl (C=O) groups is 2. The van der Waals surface area contributed by atoms with Gasteiger partial charge in [0.2, 0.25) is 11.8 Å². The van der Waals surface area contributed by atoms with Gasteiger partial charge in [-0.05, 0) is 62.5 Å². The number of carbonyl (C=O) groups excluding carboxylic acids is 2. The standard InChI is InChI=1S/C22H22BrN3O3/c1-14(22(28)25-18-9-5-16(6-10-18)21(24)27)26(2)13-19-11-12-20(29-19)15-3-7-17(23)8-4-15/h3-12,14H,13H2,1-2H3,(H2,24,27)(H,25,28)/t14-/m1/s1. The van der Waals surface area contributed by atoms with E-state index in [1.807, 2.05) is 55.3 Å². The third-order valence-corrected chi connectivity index (χ3v) is 5.20. The Morgan fingerprint density at radius 2 is 1.72 bits per heavy atom. The van der Waals surface area contributed by atoms with Gasteiger partial charge >= 0.3 is 0 Å². The first-order valence-corrected chi connectivity index (χ1v) is 9.88. The Kier molecular flexibility index (Phi) is 6.51. The molecule has 0 unspecified atom stereocenters. The van der Waals surface area contributed by atoms with Crippen LogP contribution >= 0.6 is 15.9 Å². The lowest BCUT2D eigenvalue weighted by Crippen LogP contribution is -2.39. The average Bonchev–Trinajstić information content (AvgIpc) is 3.16. The fourth-order valence-corrected chi connectivity index (χ4v) is 3.04. The molecule has 7 heteroatoms. The predicted octanol–water partition coefficient (Wildman–Crippen LogP) is 4.27. The molecule has 150 valence electrons. The van der Waals surface area contributed by atoms with Gasteiger partial charge in [0.05, 0.1) is 12.6 Å². The van der Waals surface area contributed by atoms with Crippen molar-refractivity contribution in [3.05, 3.63) is 76.5 Å². The maximum atomic E-state index is 12.5. The van der Waals surface area contributed by atoms with Crippen LogP contribution in [0.25, 0.3) is 11.3 Å². The molecule has 1 aromatic heterocycles. The van der Waals surface area contributed by atoms with E-state index in [0.29, 0.717) is 17.8 Å². The van der Waals surface area contributed by atoms with E-state index in [-0.39, 0.29) is 11.9 Å². The van der Waals surface area contributed by atoms with E-state index >= 15 is 0 Å². The molecule has 0 aliphatic rings. The Balaban J connectivity index is 1.59. The van der Waals surface area contributed by atoms with E-state index in [0.717, 1.165) is 21.6 Å². The van der Waals surface area contributed by atoms with Crippen molar-refractivity contribution in [1.29, 1.82) is 0 Å². The fourth-order valence-electron chi connectivity index (χ4n) is 2.78. The zero-order chi connectivity index (χ0) is 21.0. The molecule has 1 atom stereocenters. The molecule has 6 nitrogen and oxygen atoms in total. The van der Waals surface area contributed by atoms with Crippen molar-refractivity contribution < 1.29 is 14.0 Å². The van der Waals surface area contributed by atoms with Gasteiger partial charge in [-0.1, -0.05) is 28.1 Å². The van der Waals surface area contributed by atoms with Crippen molar-refractivity contribution >= 4 is 33.4 Å². The van der Waals surface area contributed by atoms with E-state index in [4.69, 9.17) is 10.2 Å². The van der Waals surface area contributed by atoms with Gasteiger partial charge < -0.3 is 15.5 Å².